The Morgan fingerprint density at radius 3 is 2.46 bits per heavy atom. The number of rotatable bonds is 8. The lowest BCUT2D eigenvalue weighted by Crippen LogP contribution is -2.26. The average Bonchev–Trinajstić information content (AvgIpc) is 2.64. The number of unbranched alkanes of at least 4 members (excludes halogenated alkanes) is 1. The zero-order chi connectivity index (χ0) is 18.9. The molecular formula is C20H22ClNO4. The van der Waals surface area contributed by atoms with Crippen molar-refractivity contribution in [2.75, 3.05) is 11.9 Å². The van der Waals surface area contributed by atoms with E-state index < -0.39 is 12.1 Å². The van der Waals surface area contributed by atoms with Crippen LogP contribution >= 0.6 is 11.6 Å². The number of amides is 1. The number of esters is 1. The van der Waals surface area contributed by atoms with Crippen molar-refractivity contribution in [1.82, 2.24) is 0 Å². The summed E-state index contributed by atoms with van der Waals surface area (Å²) < 4.78 is 10.7. The summed E-state index contributed by atoms with van der Waals surface area (Å²) in [6, 6.07) is 13.5. The van der Waals surface area contributed by atoms with E-state index in [4.69, 9.17) is 21.1 Å². The molecule has 0 saturated heterocycles. The summed E-state index contributed by atoms with van der Waals surface area (Å²) in [5.41, 5.74) is 0.999. The van der Waals surface area contributed by atoms with E-state index in [-0.39, 0.29) is 5.91 Å². The predicted molar refractivity (Wildman–Crippen MR) is 102 cm³/mol. The maximum Gasteiger partial charge on any atom is 0.347 e. The number of carbonyl (C=O) groups is 2. The van der Waals surface area contributed by atoms with Crippen LogP contribution in [0.15, 0.2) is 48.5 Å². The van der Waals surface area contributed by atoms with Gasteiger partial charge in [-0.05, 0) is 49.7 Å². The lowest BCUT2D eigenvalue weighted by molar-refractivity contribution is -0.151. The van der Waals surface area contributed by atoms with Crippen LogP contribution in [0.4, 0.5) is 5.69 Å². The molecule has 0 fully saturated rings. The summed E-state index contributed by atoms with van der Waals surface area (Å²) in [5.74, 6) is -0.199. The monoisotopic (exact) mass is 375 g/mol. The van der Waals surface area contributed by atoms with Crippen LogP contribution in [0.1, 0.15) is 37.0 Å². The zero-order valence-electron chi connectivity index (χ0n) is 14.8. The van der Waals surface area contributed by atoms with Crippen LogP contribution in [0.5, 0.6) is 5.75 Å². The first-order chi connectivity index (χ1) is 12.5. The number of para-hydroxylation sites is 1. The molecule has 6 heteroatoms. The van der Waals surface area contributed by atoms with Crippen LogP contribution < -0.4 is 10.1 Å². The van der Waals surface area contributed by atoms with Gasteiger partial charge >= 0.3 is 5.97 Å². The van der Waals surface area contributed by atoms with Gasteiger partial charge in [0.15, 0.2) is 6.10 Å². The fourth-order valence-corrected chi connectivity index (χ4v) is 2.31. The molecular weight excluding hydrogens is 354 g/mol. The number of ether oxygens (including phenoxy) is 2. The van der Waals surface area contributed by atoms with E-state index in [0.29, 0.717) is 28.6 Å². The Morgan fingerprint density at radius 2 is 1.81 bits per heavy atom. The highest BCUT2D eigenvalue weighted by Gasteiger charge is 2.16. The lowest BCUT2D eigenvalue weighted by Gasteiger charge is -2.14. The van der Waals surface area contributed by atoms with Crippen molar-refractivity contribution in [1.29, 1.82) is 0 Å². The minimum atomic E-state index is -0.713. The highest BCUT2D eigenvalue weighted by molar-refractivity contribution is 6.33. The molecule has 2 aromatic rings. The number of nitrogens with one attached hydrogen (secondary N) is 1. The summed E-state index contributed by atoms with van der Waals surface area (Å²) >= 11 is 6.03. The number of anilines is 1. The molecule has 0 bridgehead atoms. The van der Waals surface area contributed by atoms with E-state index >= 15 is 0 Å². The molecule has 2 rings (SSSR count). The van der Waals surface area contributed by atoms with Gasteiger partial charge in [0, 0.05) is 5.56 Å². The van der Waals surface area contributed by atoms with Gasteiger partial charge in [0.25, 0.3) is 5.91 Å². The molecule has 0 aliphatic carbocycles. The molecule has 0 unspecified atom stereocenters. The fourth-order valence-electron chi connectivity index (χ4n) is 2.13. The standard InChI is InChI=1S/C20H22ClNO4/c1-3-4-13-25-20(24)14(2)26-16-11-9-15(10-12-16)19(23)22-18-8-6-5-7-17(18)21/h5-12,14H,3-4,13H2,1-2H3,(H,22,23)/t14-/m1/s1. The highest BCUT2D eigenvalue weighted by Crippen LogP contribution is 2.22. The molecule has 0 spiro atoms. The van der Waals surface area contributed by atoms with Gasteiger partial charge in [0.05, 0.1) is 17.3 Å². The topological polar surface area (TPSA) is 64.6 Å². The molecule has 0 heterocycles. The summed E-state index contributed by atoms with van der Waals surface area (Å²) in [6.45, 7) is 4.05. The molecule has 2 aromatic carbocycles. The Hall–Kier alpha value is -2.53. The summed E-state index contributed by atoms with van der Waals surface area (Å²) in [5, 5.41) is 3.22. The van der Waals surface area contributed by atoms with E-state index in [9.17, 15) is 9.59 Å². The maximum atomic E-state index is 12.3. The second-order valence-electron chi connectivity index (χ2n) is 5.74. The number of hydrogen-bond donors (Lipinski definition) is 1. The second-order valence-corrected chi connectivity index (χ2v) is 6.15. The van der Waals surface area contributed by atoms with Crippen LogP contribution in [0.25, 0.3) is 0 Å². The van der Waals surface area contributed by atoms with Crippen molar-refractivity contribution in [3.63, 3.8) is 0 Å². The summed E-state index contributed by atoms with van der Waals surface area (Å²) in [6.07, 6.45) is 1.07. The molecule has 0 aliphatic heterocycles. The Morgan fingerprint density at radius 1 is 1.12 bits per heavy atom. The van der Waals surface area contributed by atoms with Crippen molar-refractivity contribution in [2.24, 2.45) is 0 Å². The number of carbonyl (C=O) groups excluding carboxylic acids is 2. The third-order valence-electron chi connectivity index (χ3n) is 3.63. The summed E-state index contributed by atoms with van der Waals surface area (Å²) in [4.78, 5) is 24.1. The number of hydrogen-bond acceptors (Lipinski definition) is 4. The number of halogens is 1. The fraction of sp³-hybridized carbons (Fsp3) is 0.300. The molecule has 5 nitrogen and oxygen atoms in total. The Labute approximate surface area is 158 Å². The predicted octanol–water partition coefficient (Wildman–Crippen LogP) is 4.70. The van der Waals surface area contributed by atoms with E-state index in [2.05, 4.69) is 5.32 Å². The van der Waals surface area contributed by atoms with Gasteiger partial charge in [-0.15, -0.1) is 0 Å². The molecule has 1 atom stereocenters. The number of benzene rings is 2. The molecule has 26 heavy (non-hydrogen) atoms. The minimum absolute atomic E-state index is 0.281. The van der Waals surface area contributed by atoms with Gasteiger partial charge in [-0.1, -0.05) is 37.1 Å². The third-order valence-corrected chi connectivity index (χ3v) is 3.96. The SMILES string of the molecule is CCCCOC(=O)[C@@H](C)Oc1ccc(C(=O)Nc2ccccc2Cl)cc1. The van der Waals surface area contributed by atoms with Crippen LogP contribution in [-0.2, 0) is 9.53 Å². The molecule has 0 radical (unpaired) electrons. The Kier molecular flexibility index (Phi) is 7.48. The zero-order valence-corrected chi connectivity index (χ0v) is 15.6. The smallest absolute Gasteiger partial charge is 0.347 e. The summed E-state index contributed by atoms with van der Waals surface area (Å²) in [7, 11) is 0. The molecule has 0 aromatic heterocycles. The molecule has 138 valence electrons. The largest absolute Gasteiger partial charge is 0.479 e. The Balaban J connectivity index is 1.92. The van der Waals surface area contributed by atoms with E-state index in [1.807, 2.05) is 6.92 Å². The first kappa shape index (κ1) is 19.8. The van der Waals surface area contributed by atoms with Crippen LogP contribution in [0, 0.1) is 0 Å². The molecule has 1 N–H and O–H groups in total. The third kappa shape index (κ3) is 5.77. The first-order valence-corrected chi connectivity index (χ1v) is 8.88. The first-order valence-electron chi connectivity index (χ1n) is 8.50. The van der Waals surface area contributed by atoms with E-state index in [0.717, 1.165) is 12.8 Å². The van der Waals surface area contributed by atoms with Gasteiger partial charge < -0.3 is 14.8 Å². The molecule has 0 aliphatic rings. The van der Waals surface area contributed by atoms with Gasteiger partial charge in [0.1, 0.15) is 5.75 Å². The van der Waals surface area contributed by atoms with Crippen LogP contribution in [0.3, 0.4) is 0 Å². The molecule has 1 amide bonds. The van der Waals surface area contributed by atoms with Crippen LogP contribution in [0.2, 0.25) is 5.02 Å². The Bertz CT molecular complexity index is 746. The normalized spacial score (nSPS) is 11.5. The van der Waals surface area contributed by atoms with Crippen molar-refractivity contribution in [3.05, 3.63) is 59.1 Å². The minimum Gasteiger partial charge on any atom is -0.479 e. The van der Waals surface area contributed by atoms with Crippen LogP contribution in [-0.4, -0.2) is 24.6 Å². The second kappa shape index (κ2) is 9.82. The average molecular weight is 376 g/mol. The van der Waals surface area contributed by atoms with Gasteiger partial charge in [-0.25, -0.2) is 4.79 Å². The molecule has 0 saturated carbocycles. The lowest BCUT2D eigenvalue weighted by atomic mass is 10.2. The quantitative estimate of drug-likeness (QED) is 0.536. The van der Waals surface area contributed by atoms with Gasteiger partial charge in [-0.2, -0.15) is 0 Å². The van der Waals surface area contributed by atoms with Crippen molar-refractivity contribution < 1.29 is 19.1 Å². The highest BCUT2D eigenvalue weighted by atomic mass is 35.5. The van der Waals surface area contributed by atoms with Crippen molar-refractivity contribution in [3.8, 4) is 5.75 Å². The maximum absolute atomic E-state index is 12.3. The van der Waals surface area contributed by atoms with Gasteiger partial charge in [-0.3, -0.25) is 4.79 Å². The van der Waals surface area contributed by atoms with E-state index in [1.54, 1.807) is 55.5 Å². The van der Waals surface area contributed by atoms with Crippen molar-refractivity contribution in [2.45, 2.75) is 32.8 Å². The van der Waals surface area contributed by atoms with E-state index in [1.165, 1.54) is 0 Å². The van der Waals surface area contributed by atoms with Gasteiger partial charge in [0.2, 0.25) is 0 Å². The van der Waals surface area contributed by atoms with Crippen molar-refractivity contribution >= 4 is 29.2 Å².